The minimum atomic E-state index is -3.05. The van der Waals surface area contributed by atoms with Gasteiger partial charge in [0.15, 0.2) is 0 Å². The first-order chi connectivity index (χ1) is 8.87. The Morgan fingerprint density at radius 2 is 2.00 bits per heavy atom. The summed E-state index contributed by atoms with van der Waals surface area (Å²) in [5.74, 6) is -0.465. The molecule has 0 spiro atoms. The Morgan fingerprint density at radius 1 is 1.37 bits per heavy atom. The third kappa shape index (κ3) is 4.02. The van der Waals surface area contributed by atoms with Crippen molar-refractivity contribution in [2.45, 2.75) is 12.3 Å². The monoisotopic (exact) mass is 285 g/mol. The van der Waals surface area contributed by atoms with E-state index >= 15 is 0 Å². The van der Waals surface area contributed by atoms with Crippen LogP contribution in [0.3, 0.4) is 0 Å². The first kappa shape index (κ1) is 14.0. The molecular weight excluding hydrogens is 269 g/mol. The van der Waals surface area contributed by atoms with Crippen LogP contribution in [0.15, 0.2) is 24.3 Å². The number of sulfone groups is 1. The summed E-state index contributed by atoms with van der Waals surface area (Å²) in [6.45, 7) is 0.143. The molecule has 104 valence electrons. The van der Waals surface area contributed by atoms with Gasteiger partial charge in [0.1, 0.15) is 15.7 Å². The molecule has 1 aliphatic rings. The number of hydrogen-bond acceptors (Lipinski definition) is 3. The van der Waals surface area contributed by atoms with Crippen molar-refractivity contribution in [3.8, 4) is 0 Å². The summed E-state index contributed by atoms with van der Waals surface area (Å²) in [6, 6.07) is 6.13. The lowest BCUT2D eigenvalue weighted by Gasteiger charge is -2.04. The molecule has 1 N–H and O–H groups in total. The lowest BCUT2D eigenvalue weighted by atomic mass is 10.1. The molecule has 0 radical (unpaired) electrons. The van der Waals surface area contributed by atoms with Crippen LogP contribution < -0.4 is 5.32 Å². The quantitative estimate of drug-likeness (QED) is 0.881. The Balaban J connectivity index is 1.82. The van der Waals surface area contributed by atoms with Crippen molar-refractivity contribution in [3.63, 3.8) is 0 Å². The number of hydrogen-bond donors (Lipinski definition) is 1. The Bertz CT molecular complexity index is 568. The standard InChI is InChI=1S/C13H16FNO3S/c1-19(17,18)7-6-15-13(16)12-8-11(12)9-2-4-10(14)5-3-9/h2-5,11-12H,6-8H2,1H3,(H,15,16). The molecular formula is C13H16FNO3S. The van der Waals surface area contributed by atoms with Gasteiger partial charge >= 0.3 is 0 Å². The van der Waals surface area contributed by atoms with Gasteiger partial charge in [-0.05, 0) is 30.0 Å². The number of nitrogens with one attached hydrogen (secondary N) is 1. The van der Waals surface area contributed by atoms with Crippen molar-refractivity contribution in [1.29, 1.82) is 0 Å². The number of carbonyl (C=O) groups excluding carboxylic acids is 1. The average Bonchev–Trinajstić information content (AvgIpc) is 3.08. The number of halogens is 1. The van der Waals surface area contributed by atoms with Crippen LogP contribution in [0.25, 0.3) is 0 Å². The van der Waals surface area contributed by atoms with E-state index in [1.165, 1.54) is 12.1 Å². The molecule has 19 heavy (non-hydrogen) atoms. The van der Waals surface area contributed by atoms with Crippen LogP contribution in [0.1, 0.15) is 17.9 Å². The van der Waals surface area contributed by atoms with Gasteiger partial charge < -0.3 is 5.32 Å². The highest BCUT2D eigenvalue weighted by atomic mass is 32.2. The van der Waals surface area contributed by atoms with Crippen LogP contribution in [-0.4, -0.2) is 32.9 Å². The molecule has 0 heterocycles. The number of rotatable bonds is 5. The third-order valence-electron chi connectivity index (χ3n) is 3.20. The van der Waals surface area contributed by atoms with Crippen LogP contribution in [0.2, 0.25) is 0 Å². The van der Waals surface area contributed by atoms with E-state index in [0.29, 0.717) is 0 Å². The van der Waals surface area contributed by atoms with Crippen LogP contribution in [0.4, 0.5) is 4.39 Å². The van der Waals surface area contributed by atoms with Gasteiger partial charge in [0.05, 0.1) is 5.75 Å². The topological polar surface area (TPSA) is 63.2 Å². The average molecular weight is 285 g/mol. The molecule has 1 saturated carbocycles. The molecule has 0 bridgehead atoms. The summed E-state index contributed by atoms with van der Waals surface area (Å²) < 4.78 is 34.6. The number of amides is 1. The van der Waals surface area contributed by atoms with Gasteiger partial charge in [0.2, 0.25) is 5.91 Å². The van der Waals surface area contributed by atoms with Gasteiger partial charge in [-0.2, -0.15) is 0 Å². The minimum absolute atomic E-state index is 0.0489. The van der Waals surface area contributed by atoms with Gasteiger partial charge in [-0.25, -0.2) is 12.8 Å². The highest BCUT2D eigenvalue weighted by molar-refractivity contribution is 7.90. The first-order valence-electron chi connectivity index (χ1n) is 6.08. The summed E-state index contributed by atoms with van der Waals surface area (Å²) >= 11 is 0. The molecule has 1 amide bonds. The molecule has 1 aromatic carbocycles. The van der Waals surface area contributed by atoms with E-state index < -0.39 is 9.84 Å². The predicted molar refractivity (Wildman–Crippen MR) is 70.0 cm³/mol. The van der Waals surface area contributed by atoms with E-state index in [-0.39, 0.29) is 35.9 Å². The molecule has 1 aliphatic carbocycles. The molecule has 2 rings (SSSR count). The Hall–Kier alpha value is -1.43. The summed E-state index contributed by atoms with van der Waals surface area (Å²) in [5, 5.41) is 2.62. The lowest BCUT2D eigenvalue weighted by Crippen LogP contribution is -2.30. The van der Waals surface area contributed by atoms with Crippen molar-refractivity contribution < 1.29 is 17.6 Å². The molecule has 0 saturated heterocycles. The normalized spacial score (nSPS) is 22.0. The van der Waals surface area contributed by atoms with Crippen molar-refractivity contribution in [1.82, 2.24) is 5.32 Å². The zero-order valence-corrected chi connectivity index (χ0v) is 11.4. The summed E-state index contributed by atoms with van der Waals surface area (Å²) in [5.41, 5.74) is 0.949. The van der Waals surface area contributed by atoms with Gasteiger partial charge in [-0.1, -0.05) is 12.1 Å². The van der Waals surface area contributed by atoms with Gasteiger partial charge in [-0.3, -0.25) is 4.79 Å². The minimum Gasteiger partial charge on any atom is -0.355 e. The highest BCUT2D eigenvalue weighted by Crippen LogP contribution is 2.47. The van der Waals surface area contributed by atoms with Crippen LogP contribution in [-0.2, 0) is 14.6 Å². The molecule has 0 aliphatic heterocycles. The van der Waals surface area contributed by atoms with Crippen molar-refractivity contribution in [2.24, 2.45) is 5.92 Å². The fourth-order valence-corrected chi connectivity index (χ4v) is 2.53. The Kier molecular flexibility index (Phi) is 3.89. The van der Waals surface area contributed by atoms with Crippen LogP contribution >= 0.6 is 0 Å². The smallest absolute Gasteiger partial charge is 0.223 e. The maximum atomic E-state index is 12.8. The van der Waals surface area contributed by atoms with E-state index in [1.807, 2.05) is 0 Å². The summed E-state index contributed by atoms with van der Waals surface area (Å²) in [6.07, 6.45) is 1.87. The van der Waals surface area contributed by atoms with Gasteiger partial charge in [0.25, 0.3) is 0 Å². The van der Waals surface area contributed by atoms with E-state index in [1.54, 1.807) is 12.1 Å². The Labute approximate surface area is 111 Å². The van der Waals surface area contributed by atoms with Gasteiger partial charge in [-0.15, -0.1) is 0 Å². The van der Waals surface area contributed by atoms with Crippen LogP contribution in [0, 0.1) is 11.7 Å². The molecule has 1 aromatic rings. The number of carbonyl (C=O) groups is 1. The highest BCUT2D eigenvalue weighted by Gasteiger charge is 2.43. The van der Waals surface area contributed by atoms with E-state index in [9.17, 15) is 17.6 Å². The predicted octanol–water partition coefficient (Wildman–Crippen LogP) is 1.09. The second-order valence-corrected chi connectivity index (χ2v) is 7.18. The van der Waals surface area contributed by atoms with E-state index in [0.717, 1.165) is 18.2 Å². The molecule has 1 fully saturated rings. The molecule has 0 aromatic heterocycles. The summed E-state index contributed by atoms with van der Waals surface area (Å²) in [4.78, 5) is 11.8. The fourth-order valence-electron chi connectivity index (χ4n) is 2.05. The van der Waals surface area contributed by atoms with Crippen LogP contribution in [0.5, 0.6) is 0 Å². The van der Waals surface area contributed by atoms with E-state index in [2.05, 4.69) is 5.32 Å². The SMILES string of the molecule is CS(=O)(=O)CCNC(=O)C1CC1c1ccc(F)cc1. The maximum Gasteiger partial charge on any atom is 0.223 e. The molecule has 4 nitrogen and oxygen atoms in total. The van der Waals surface area contributed by atoms with E-state index in [4.69, 9.17) is 0 Å². The largest absolute Gasteiger partial charge is 0.355 e. The zero-order valence-electron chi connectivity index (χ0n) is 10.6. The first-order valence-corrected chi connectivity index (χ1v) is 8.14. The van der Waals surface area contributed by atoms with Crippen molar-refractivity contribution >= 4 is 15.7 Å². The van der Waals surface area contributed by atoms with Crippen molar-refractivity contribution in [2.75, 3.05) is 18.6 Å². The lowest BCUT2D eigenvalue weighted by molar-refractivity contribution is -0.122. The second-order valence-electron chi connectivity index (χ2n) is 4.92. The maximum absolute atomic E-state index is 12.8. The zero-order chi connectivity index (χ0) is 14.0. The third-order valence-corrected chi connectivity index (χ3v) is 4.14. The number of benzene rings is 1. The molecule has 2 atom stereocenters. The molecule has 2 unspecified atom stereocenters. The Morgan fingerprint density at radius 3 is 2.58 bits per heavy atom. The summed E-state index contributed by atoms with van der Waals surface area (Å²) in [7, 11) is -3.05. The second kappa shape index (κ2) is 5.28. The van der Waals surface area contributed by atoms with Crippen molar-refractivity contribution in [3.05, 3.63) is 35.6 Å². The fraction of sp³-hybridized carbons (Fsp3) is 0.462. The van der Waals surface area contributed by atoms with Gasteiger partial charge in [0, 0.05) is 18.7 Å². The molecule has 6 heteroatoms.